The smallest absolute Gasteiger partial charge is 0.0555 e. The molecule has 2 heteroatoms. The Morgan fingerprint density at radius 2 is 1.65 bits per heavy atom. The van der Waals surface area contributed by atoms with Crippen molar-refractivity contribution in [3.05, 3.63) is 0 Å². The van der Waals surface area contributed by atoms with Crippen LogP contribution in [-0.4, -0.2) is 35.2 Å². The summed E-state index contributed by atoms with van der Waals surface area (Å²) in [6, 6.07) is 0.540. The fourth-order valence-electron chi connectivity index (χ4n) is 3.78. The Bertz CT molecular complexity index is 292. The monoisotopic (exact) mass is 283 g/mol. The average molecular weight is 284 g/mol. The summed E-state index contributed by atoms with van der Waals surface area (Å²) in [4.78, 5) is 2.63. The Morgan fingerprint density at radius 3 is 2.10 bits per heavy atom. The summed E-state index contributed by atoms with van der Waals surface area (Å²) >= 11 is 0. The second kappa shape index (κ2) is 6.79. The van der Waals surface area contributed by atoms with Gasteiger partial charge in [-0.3, -0.25) is 4.90 Å². The van der Waals surface area contributed by atoms with Crippen LogP contribution < -0.4 is 0 Å². The molecule has 0 aliphatic heterocycles. The van der Waals surface area contributed by atoms with Gasteiger partial charge < -0.3 is 5.11 Å². The molecule has 0 bridgehead atoms. The maximum Gasteiger partial charge on any atom is 0.0555 e. The lowest BCUT2D eigenvalue weighted by Crippen LogP contribution is -2.52. The van der Waals surface area contributed by atoms with Crippen molar-refractivity contribution in [2.24, 2.45) is 16.7 Å². The molecule has 1 aliphatic carbocycles. The van der Waals surface area contributed by atoms with Gasteiger partial charge in [0.2, 0.25) is 0 Å². The molecule has 0 aromatic carbocycles. The fourth-order valence-corrected chi connectivity index (χ4v) is 3.78. The van der Waals surface area contributed by atoms with E-state index < -0.39 is 0 Å². The highest BCUT2D eigenvalue weighted by atomic mass is 16.3. The molecular formula is C18H37NO. The van der Waals surface area contributed by atoms with E-state index in [0.717, 1.165) is 25.9 Å². The number of hydrogen-bond acceptors (Lipinski definition) is 2. The predicted molar refractivity (Wildman–Crippen MR) is 87.9 cm³/mol. The molecule has 20 heavy (non-hydrogen) atoms. The normalized spacial score (nSPS) is 28.9. The van der Waals surface area contributed by atoms with E-state index in [1.165, 1.54) is 12.8 Å². The average Bonchev–Trinajstić information content (AvgIpc) is 2.34. The maximum absolute atomic E-state index is 10.2. The lowest BCUT2D eigenvalue weighted by atomic mass is 9.66. The molecule has 1 N–H and O–H groups in total. The van der Waals surface area contributed by atoms with Crippen molar-refractivity contribution in [2.75, 3.05) is 13.1 Å². The number of nitrogens with zero attached hydrogens (tertiary/aromatic N) is 1. The van der Waals surface area contributed by atoms with Gasteiger partial charge in [-0.1, -0.05) is 54.9 Å². The van der Waals surface area contributed by atoms with Crippen molar-refractivity contribution < 1.29 is 5.11 Å². The molecule has 1 saturated carbocycles. The zero-order valence-electron chi connectivity index (χ0n) is 14.9. The summed E-state index contributed by atoms with van der Waals surface area (Å²) in [5.41, 5.74) is 0.690. The number of rotatable bonds is 5. The van der Waals surface area contributed by atoms with Crippen LogP contribution in [0.1, 0.15) is 74.1 Å². The highest BCUT2D eigenvalue weighted by Crippen LogP contribution is 2.43. The van der Waals surface area contributed by atoms with Crippen molar-refractivity contribution in [3.63, 3.8) is 0 Å². The Kier molecular flexibility index (Phi) is 6.10. The molecule has 0 spiro atoms. The van der Waals surface area contributed by atoms with Crippen LogP contribution >= 0.6 is 0 Å². The Morgan fingerprint density at radius 1 is 1.05 bits per heavy atom. The van der Waals surface area contributed by atoms with E-state index in [2.05, 4.69) is 53.4 Å². The molecule has 1 rings (SSSR count). The molecule has 1 fully saturated rings. The Hall–Kier alpha value is -0.0800. The summed E-state index contributed by atoms with van der Waals surface area (Å²) in [5, 5.41) is 10.2. The Balaban J connectivity index is 2.93. The first kappa shape index (κ1) is 18.0. The predicted octanol–water partition coefficient (Wildman–Crippen LogP) is 4.32. The summed E-state index contributed by atoms with van der Waals surface area (Å²) in [6.45, 7) is 18.5. The van der Waals surface area contributed by atoms with E-state index in [1.54, 1.807) is 0 Å². The summed E-state index contributed by atoms with van der Waals surface area (Å²) < 4.78 is 0. The molecule has 0 amide bonds. The minimum absolute atomic E-state index is 0.0991. The van der Waals surface area contributed by atoms with Gasteiger partial charge >= 0.3 is 0 Å². The highest BCUT2D eigenvalue weighted by molar-refractivity contribution is 4.94. The zero-order chi connectivity index (χ0) is 15.6. The third-order valence-electron chi connectivity index (χ3n) is 5.26. The number of aliphatic hydroxyl groups is 1. The third-order valence-corrected chi connectivity index (χ3v) is 5.26. The summed E-state index contributed by atoms with van der Waals surface area (Å²) in [5.74, 6) is 0.707. The van der Waals surface area contributed by atoms with Crippen molar-refractivity contribution in [2.45, 2.75) is 86.3 Å². The van der Waals surface area contributed by atoms with Gasteiger partial charge in [0.1, 0.15) is 0 Å². The van der Waals surface area contributed by atoms with Crippen LogP contribution in [0.25, 0.3) is 0 Å². The van der Waals surface area contributed by atoms with Crippen LogP contribution in [0.3, 0.4) is 0 Å². The first-order valence-corrected chi connectivity index (χ1v) is 8.53. The molecule has 3 atom stereocenters. The quantitative estimate of drug-likeness (QED) is 0.812. The van der Waals surface area contributed by atoms with Gasteiger partial charge in [-0.05, 0) is 42.6 Å². The molecule has 120 valence electrons. The molecule has 3 unspecified atom stereocenters. The molecule has 1 aliphatic rings. The van der Waals surface area contributed by atoms with Crippen LogP contribution in [0.5, 0.6) is 0 Å². The van der Waals surface area contributed by atoms with Crippen LogP contribution in [0, 0.1) is 16.7 Å². The third kappa shape index (κ3) is 4.73. The van der Waals surface area contributed by atoms with Crippen molar-refractivity contribution in [3.8, 4) is 0 Å². The number of hydrogen-bond donors (Lipinski definition) is 1. The molecule has 2 nitrogen and oxygen atoms in total. The lowest BCUT2D eigenvalue weighted by molar-refractivity contribution is -0.0262. The summed E-state index contributed by atoms with van der Waals surface area (Å²) in [6.07, 6.45) is 4.23. The van der Waals surface area contributed by atoms with Crippen molar-refractivity contribution >= 4 is 0 Å². The topological polar surface area (TPSA) is 23.5 Å². The minimum atomic E-state index is -0.0991. The second-order valence-corrected chi connectivity index (χ2v) is 8.61. The SMILES string of the molecule is CCN(CC(C)(C)C)C1CC(O)CCC1C(C)(C)CC. The molecule has 0 radical (unpaired) electrons. The molecular weight excluding hydrogens is 246 g/mol. The van der Waals surface area contributed by atoms with Gasteiger partial charge in [0.15, 0.2) is 0 Å². The van der Waals surface area contributed by atoms with E-state index in [9.17, 15) is 5.11 Å². The van der Waals surface area contributed by atoms with E-state index in [1.807, 2.05) is 0 Å². The van der Waals surface area contributed by atoms with Crippen molar-refractivity contribution in [1.82, 2.24) is 4.90 Å². The van der Waals surface area contributed by atoms with Gasteiger partial charge in [-0.2, -0.15) is 0 Å². The molecule has 0 heterocycles. The maximum atomic E-state index is 10.2. The van der Waals surface area contributed by atoms with E-state index in [0.29, 0.717) is 22.8 Å². The van der Waals surface area contributed by atoms with E-state index >= 15 is 0 Å². The van der Waals surface area contributed by atoms with E-state index in [-0.39, 0.29) is 6.10 Å². The molecule has 0 aromatic rings. The largest absolute Gasteiger partial charge is 0.393 e. The lowest BCUT2D eigenvalue weighted by Gasteiger charge is -2.49. The van der Waals surface area contributed by atoms with Gasteiger partial charge in [0.25, 0.3) is 0 Å². The zero-order valence-corrected chi connectivity index (χ0v) is 14.9. The first-order chi connectivity index (χ1) is 9.10. The van der Waals surface area contributed by atoms with E-state index in [4.69, 9.17) is 0 Å². The van der Waals surface area contributed by atoms with Crippen LogP contribution in [0.4, 0.5) is 0 Å². The molecule has 0 saturated heterocycles. The van der Waals surface area contributed by atoms with Crippen LogP contribution in [-0.2, 0) is 0 Å². The fraction of sp³-hybridized carbons (Fsp3) is 1.00. The Labute approximate surface area is 126 Å². The van der Waals surface area contributed by atoms with Crippen LogP contribution in [0.15, 0.2) is 0 Å². The number of aliphatic hydroxyl groups excluding tert-OH is 1. The van der Waals surface area contributed by atoms with Gasteiger partial charge in [-0.25, -0.2) is 0 Å². The second-order valence-electron chi connectivity index (χ2n) is 8.61. The van der Waals surface area contributed by atoms with Crippen LogP contribution in [0.2, 0.25) is 0 Å². The highest BCUT2D eigenvalue weighted by Gasteiger charge is 2.41. The minimum Gasteiger partial charge on any atom is -0.393 e. The van der Waals surface area contributed by atoms with Gasteiger partial charge in [0, 0.05) is 12.6 Å². The van der Waals surface area contributed by atoms with Gasteiger partial charge in [-0.15, -0.1) is 0 Å². The van der Waals surface area contributed by atoms with Crippen molar-refractivity contribution in [1.29, 1.82) is 0 Å². The molecule has 0 aromatic heterocycles. The summed E-state index contributed by atoms with van der Waals surface area (Å²) in [7, 11) is 0. The van der Waals surface area contributed by atoms with Gasteiger partial charge in [0.05, 0.1) is 6.10 Å². The first-order valence-electron chi connectivity index (χ1n) is 8.53. The standard InChI is InChI=1S/C18H37NO/c1-8-18(6,7)15-11-10-14(20)12-16(15)19(9-2)13-17(3,4)5/h14-16,20H,8-13H2,1-7H3.